The van der Waals surface area contributed by atoms with Gasteiger partial charge in [0, 0.05) is 30.1 Å². The Kier molecular flexibility index (Phi) is 5.85. The normalized spacial score (nSPS) is 10.8. The molecular formula is C22H21N5O2S. The average molecular weight is 420 g/mol. The first-order valence-electron chi connectivity index (χ1n) is 9.67. The fraction of sp³-hybridized carbons (Fsp3) is 0.182. The topological polar surface area (TPSA) is 84.8 Å². The molecule has 2 heterocycles. The minimum atomic E-state index is -0.105. The highest BCUT2D eigenvalue weighted by atomic mass is 32.1. The van der Waals surface area contributed by atoms with Crippen molar-refractivity contribution in [3.8, 4) is 17.1 Å². The van der Waals surface area contributed by atoms with Gasteiger partial charge in [0.1, 0.15) is 5.75 Å². The van der Waals surface area contributed by atoms with Gasteiger partial charge in [-0.2, -0.15) is 5.10 Å². The van der Waals surface area contributed by atoms with E-state index in [-0.39, 0.29) is 12.3 Å². The molecule has 30 heavy (non-hydrogen) atoms. The molecule has 4 rings (SSSR count). The van der Waals surface area contributed by atoms with E-state index in [0.29, 0.717) is 23.7 Å². The van der Waals surface area contributed by atoms with Crippen LogP contribution < -0.4 is 10.1 Å². The van der Waals surface area contributed by atoms with Gasteiger partial charge in [-0.15, -0.1) is 0 Å². The Bertz CT molecular complexity index is 1230. The molecule has 2 aromatic heterocycles. The molecule has 8 heteroatoms. The molecular weight excluding hydrogens is 398 g/mol. The summed E-state index contributed by atoms with van der Waals surface area (Å²) >= 11 is 5.37. The van der Waals surface area contributed by atoms with Gasteiger partial charge in [0.25, 0.3) is 0 Å². The van der Waals surface area contributed by atoms with E-state index in [9.17, 15) is 4.79 Å². The molecule has 0 aliphatic carbocycles. The SMILES string of the molecule is CCOc1ccc(-c2n[nH]c(=S)n2CCC(=O)Nc2cccc3ncccc23)cc1. The van der Waals surface area contributed by atoms with Crippen LogP contribution in [-0.2, 0) is 11.3 Å². The number of H-pyrrole nitrogens is 1. The summed E-state index contributed by atoms with van der Waals surface area (Å²) in [5.74, 6) is 1.38. The van der Waals surface area contributed by atoms with Gasteiger partial charge in [0.2, 0.25) is 5.91 Å². The predicted molar refractivity (Wildman–Crippen MR) is 119 cm³/mol. The van der Waals surface area contributed by atoms with Gasteiger partial charge in [-0.25, -0.2) is 0 Å². The minimum absolute atomic E-state index is 0.105. The molecule has 7 nitrogen and oxygen atoms in total. The van der Waals surface area contributed by atoms with Crippen LogP contribution in [-0.4, -0.2) is 32.3 Å². The first kappa shape index (κ1) is 19.8. The van der Waals surface area contributed by atoms with Crippen LogP contribution in [0.4, 0.5) is 5.69 Å². The number of nitrogens with zero attached hydrogens (tertiary/aromatic N) is 3. The van der Waals surface area contributed by atoms with Gasteiger partial charge in [0.15, 0.2) is 10.6 Å². The van der Waals surface area contributed by atoms with E-state index in [1.807, 2.05) is 66.1 Å². The van der Waals surface area contributed by atoms with Crippen LogP contribution in [0.15, 0.2) is 60.8 Å². The molecule has 2 N–H and O–H groups in total. The third-order valence-electron chi connectivity index (χ3n) is 4.66. The van der Waals surface area contributed by atoms with E-state index < -0.39 is 0 Å². The molecule has 0 unspecified atom stereocenters. The van der Waals surface area contributed by atoms with Crippen molar-refractivity contribution >= 4 is 34.7 Å². The minimum Gasteiger partial charge on any atom is -0.494 e. The number of fused-ring (bicyclic) bond motifs is 1. The number of benzene rings is 2. The van der Waals surface area contributed by atoms with Crippen LogP contribution in [0.25, 0.3) is 22.3 Å². The largest absolute Gasteiger partial charge is 0.494 e. The van der Waals surface area contributed by atoms with Gasteiger partial charge in [-0.05, 0) is 67.7 Å². The van der Waals surface area contributed by atoms with Crippen molar-refractivity contribution in [1.29, 1.82) is 0 Å². The number of aromatic nitrogens is 4. The van der Waals surface area contributed by atoms with Crippen molar-refractivity contribution in [1.82, 2.24) is 19.7 Å². The van der Waals surface area contributed by atoms with Crippen molar-refractivity contribution in [3.63, 3.8) is 0 Å². The number of ether oxygens (including phenoxy) is 1. The molecule has 4 aromatic rings. The number of pyridine rings is 1. The summed E-state index contributed by atoms with van der Waals surface area (Å²) in [5, 5.41) is 11.0. The number of hydrogen-bond acceptors (Lipinski definition) is 5. The molecule has 0 saturated carbocycles. The van der Waals surface area contributed by atoms with E-state index in [4.69, 9.17) is 17.0 Å². The Morgan fingerprint density at radius 2 is 2.00 bits per heavy atom. The number of rotatable bonds is 7. The number of hydrogen-bond donors (Lipinski definition) is 2. The zero-order valence-electron chi connectivity index (χ0n) is 16.5. The molecule has 0 aliphatic heterocycles. The van der Waals surface area contributed by atoms with Crippen LogP contribution in [0.2, 0.25) is 0 Å². The quantitative estimate of drug-likeness (QED) is 0.428. The monoisotopic (exact) mass is 419 g/mol. The average Bonchev–Trinajstić information content (AvgIpc) is 3.14. The standard InChI is InChI=1S/C22H21N5O2S/c1-2-29-16-10-8-15(9-11-16)21-25-26-22(30)27(21)14-12-20(28)24-19-7-3-6-18-17(19)5-4-13-23-18/h3-11,13H,2,12,14H2,1H3,(H,24,28)(H,26,30). The molecule has 0 fully saturated rings. The first-order chi connectivity index (χ1) is 14.7. The molecule has 0 aliphatic rings. The smallest absolute Gasteiger partial charge is 0.226 e. The predicted octanol–water partition coefficient (Wildman–Crippen LogP) is 4.58. The number of carbonyl (C=O) groups is 1. The molecule has 1 amide bonds. The van der Waals surface area contributed by atoms with Gasteiger partial charge in [-0.3, -0.25) is 19.4 Å². The number of carbonyl (C=O) groups excluding carboxylic acids is 1. The van der Waals surface area contributed by atoms with E-state index >= 15 is 0 Å². The Labute approximate surface area is 178 Å². The Balaban J connectivity index is 1.48. The second kappa shape index (κ2) is 8.87. The fourth-order valence-corrected chi connectivity index (χ4v) is 3.47. The van der Waals surface area contributed by atoms with Gasteiger partial charge in [-0.1, -0.05) is 6.07 Å². The van der Waals surface area contributed by atoms with Gasteiger partial charge < -0.3 is 10.1 Å². The summed E-state index contributed by atoms with van der Waals surface area (Å²) in [6.45, 7) is 2.96. The highest BCUT2D eigenvalue weighted by molar-refractivity contribution is 7.71. The first-order valence-corrected chi connectivity index (χ1v) is 10.1. The summed E-state index contributed by atoms with van der Waals surface area (Å²) in [6, 6.07) is 17.1. The third-order valence-corrected chi connectivity index (χ3v) is 4.98. The van der Waals surface area contributed by atoms with Crippen molar-refractivity contribution in [3.05, 3.63) is 65.6 Å². The fourth-order valence-electron chi connectivity index (χ4n) is 3.25. The highest BCUT2D eigenvalue weighted by Gasteiger charge is 2.12. The zero-order chi connectivity index (χ0) is 20.9. The van der Waals surface area contributed by atoms with E-state index in [2.05, 4.69) is 20.5 Å². The maximum Gasteiger partial charge on any atom is 0.226 e. The maximum atomic E-state index is 12.6. The van der Waals surface area contributed by atoms with Crippen LogP contribution in [0.1, 0.15) is 13.3 Å². The van der Waals surface area contributed by atoms with Crippen LogP contribution in [0.5, 0.6) is 5.75 Å². The molecule has 0 atom stereocenters. The van der Waals surface area contributed by atoms with Crippen molar-refractivity contribution in [2.75, 3.05) is 11.9 Å². The summed E-state index contributed by atoms with van der Waals surface area (Å²) < 4.78 is 7.79. The van der Waals surface area contributed by atoms with Crippen molar-refractivity contribution < 1.29 is 9.53 Å². The van der Waals surface area contributed by atoms with Crippen LogP contribution in [0.3, 0.4) is 0 Å². The second-order valence-electron chi connectivity index (χ2n) is 6.64. The van der Waals surface area contributed by atoms with Gasteiger partial charge >= 0.3 is 0 Å². The molecule has 152 valence electrons. The Hall–Kier alpha value is -3.52. The third kappa shape index (κ3) is 4.23. The van der Waals surface area contributed by atoms with E-state index in [1.165, 1.54) is 0 Å². The maximum absolute atomic E-state index is 12.6. The lowest BCUT2D eigenvalue weighted by Crippen LogP contribution is -2.15. The molecule has 0 saturated heterocycles. The summed E-state index contributed by atoms with van der Waals surface area (Å²) in [7, 11) is 0. The van der Waals surface area contributed by atoms with E-state index in [1.54, 1.807) is 6.20 Å². The van der Waals surface area contributed by atoms with E-state index in [0.717, 1.165) is 27.9 Å². The number of nitrogens with one attached hydrogen (secondary N) is 2. The molecule has 0 spiro atoms. The van der Waals surface area contributed by atoms with Gasteiger partial charge in [0.05, 0.1) is 17.8 Å². The number of amides is 1. The summed E-state index contributed by atoms with van der Waals surface area (Å²) in [5.41, 5.74) is 2.48. The Morgan fingerprint density at radius 3 is 2.80 bits per heavy atom. The lowest BCUT2D eigenvalue weighted by molar-refractivity contribution is -0.116. The summed E-state index contributed by atoms with van der Waals surface area (Å²) in [6.07, 6.45) is 1.99. The molecule has 0 radical (unpaired) electrons. The number of aromatic amines is 1. The highest BCUT2D eigenvalue weighted by Crippen LogP contribution is 2.23. The lowest BCUT2D eigenvalue weighted by atomic mass is 10.2. The zero-order valence-corrected chi connectivity index (χ0v) is 17.3. The van der Waals surface area contributed by atoms with Crippen molar-refractivity contribution in [2.24, 2.45) is 0 Å². The number of anilines is 1. The molecule has 0 bridgehead atoms. The second-order valence-corrected chi connectivity index (χ2v) is 7.02. The molecule has 2 aromatic carbocycles. The summed E-state index contributed by atoms with van der Waals surface area (Å²) in [4.78, 5) is 16.9. The lowest BCUT2D eigenvalue weighted by Gasteiger charge is -2.10. The Morgan fingerprint density at radius 1 is 1.17 bits per heavy atom. The van der Waals surface area contributed by atoms with Crippen LogP contribution in [0, 0.1) is 4.77 Å². The van der Waals surface area contributed by atoms with Crippen molar-refractivity contribution in [2.45, 2.75) is 19.9 Å². The van der Waals surface area contributed by atoms with Crippen LogP contribution >= 0.6 is 12.2 Å².